The maximum absolute atomic E-state index is 5.40. The normalized spacial score (nSPS) is 17.0. The molecule has 1 aromatic rings. The highest BCUT2D eigenvalue weighted by molar-refractivity contribution is 5.60. The summed E-state index contributed by atoms with van der Waals surface area (Å²) in [6.07, 6.45) is 2.37. The van der Waals surface area contributed by atoms with Crippen molar-refractivity contribution in [2.24, 2.45) is 0 Å². The van der Waals surface area contributed by atoms with Gasteiger partial charge in [0.15, 0.2) is 11.5 Å². The first-order valence-electron chi connectivity index (χ1n) is 7.78. The van der Waals surface area contributed by atoms with Crippen molar-refractivity contribution < 1.29 is 9.47 Å². The van der Waals surface area contributed by atoms with Crippen molar-refractivity contribution in [1.82, 2.24) is 4.90 Å². The van der Waals surface area contributed by atoms with Gasteiger partial charge in [0, 0.05) is 36.9 Å². The summed E-state index contributed by atoms with van der Waals surface area (Å²) in [6.45, 7) is 8.98. The first-order chi connectivity index (χ1) is 10.0. The van der Waals surface area contributed by atoms with E-state index in [1.54, 1.807) is 14.2 Å². The van der Waals surface area contributed by atoms with E-state index in [0.717, 1.165) is 17.2 Å². The van der Waals surface area contributed by atoms with E-state index in [1.807, 2.05) is 12.1 Å². The summed E-state index contributed by atoms with van der Waals surface area (Å²) in [5.74, 6) is 1.57. The van der Waals surface area contributed by atoms with Gasteiger partial charge in [0.1, 0.15) is 0 Å². The van der Waals surface area contributed by atoms with Crippen LogP contribution in [-0.2, 0) is 0 Å². The number of nitrogens with zero attached hydrogens (tertiary/aromatic N) is 1. The Morgan fingerprint density at radius 3 is 2.19 bits per heavy atom. The average molecular weight is 292 g/mol. The summed E-state index contributed by atoms with van der Waals surface area (Å²) in [6, 6.07) is 5.26. The van der Waals surface area contributed by atoms with Crippen molar-refractivity contribution in [1.29, 1.82) is 0 Å². The zero-order chi connectivity index (χ0) is 15.4. The zero-order valence-corrected chi connectivity index (χ0v) is 13.9. The molecule has 0 aliphatic carbocycles. The molecule has 4 nitrogen and oxygen atoms in total. The van der Waals surface area contributed by atoms with Gasteiger partial charge in [0.25, 0.3) is 0 Å². The monoisotopic (exact) mass is 292 g/mol. The fourth-order valence-electron chi connectivity index (χ4n) is 2.92. The minimum absolute atomic E-state index is 0.539. The molecule has 0 bridgehead atoms. The van der Waals surface area contributed by atoms with Gasteiger partial charge in [-0.05, 0) is 45.2 Å². The number of nitrogens with one attached hydrogen (secondary N) is 1. The predicted molar refractivity (Wildman–Crippen MR) is 87.6 cm³/mol. The highest BCUT2D eigenvalue weighted by Gasteiger charge is 2.21. The molecule has 2 rings (SSSR count). The topological polar surface area (TPSA) is 33.7 Å². The van der Waals surface area contributed by atoms with Crippen molar-refractivity contribution in [3.8, 4) is 11.5 Å². The predicted octanol–water partition coefficient (Wildman–Crippen LogP) is 3.30. The Kier molecular flexibility index (Phi) is 5.34. The van der Waals surface area contributed by atoms with E-state index in [9.17, 15) is 0 Å². The van der Waals surface area contributed by atoms with Crippen LogP contribution in [0.2, 0.25) is 0 Å². The van der Waals surface area contributed by atoms with Gasteiger partial charge in [-0.25, -0.2) is 0 Å². The summed E-state index contributed by atoms with van der Waals surface area (Å²) in [5.41, 5.74) is 2.34. The lowest BCUT2D eigenvalue weighted by Crippen LogP contribution is -2.42. The smallest absolute Gasteiger partial charge is 0.162 e. The molecule has 0 radical (unpaired) electrons. The lowest BCUT2D eigenvalue weighted by Gasteiger charge is -2.35. The zero-order valence-electron chi connectivity index (χ0n) is 13.9. The average Bonchev–Trinajstić information content (AvgIpc) is 2.49. The Bertz CT molecular complexity index is 466. The molecule has 0 amide bonds. The standard InChI is InChI=1S/C17H28N2O2/c1-12(2)19-8-6-14(7-9-19)18-15-11-17(21-5)16(20-4)10-13(15)3/h10-12,14,18H,6-9H2,1-5H3. The molecule has 4 heteroatoms. The summed E-state index contributed by atoms with van der Waals surface area (Å²) >= 11 is 0. The second-order valence-electron chi connectivity index (χ2n) is 6.07. The molecule has 1 aliphatic heterocycles. The van der Waals surface area contributed by atoms with Gasteiger partial charge in [-0.2, -0.15) is 0 Å². The van der Waals surface area contributed by atoms with Crippen LogP contribution < -0.4 is 14.8 Å². The van der Waals surface area contributed by atoms with Gasteiger partial charge in [0.05, 0.1) is 14.2 Å². The Hall–Kier alpha value is -1.42. The van der Waals surface area contributed by atoms with Gasteiger partial charge >= 0.3 is 0 Å². The van der Waals surface area contributed by atoms with Crippen LogP contribution in [0.4, 0.5) is 5.69 Å². The van der Waals surface area contributed by atoms with E-state index in [4.69, 9.17) is 9.47 Å². The molecule has 0 unspecified atom stereocenters. The summed E-state index contributed by atoms with van der Waals surface area (Å²) in [4.78, 5) is 2.54. The summed E-state index contributed by atoms with van der Waals surface area (Å²) in [7, 11) is 3.35. The van der Waals surface area contributed by atoms with Crippen molar-refractivity contribution in [3.63, 3.8) is 0 Å². The summed E-state index contributed by atoms with van der Waals surface area (Å²) in [5, 5.41) is 3.67. The maximum atomic E-state index is 5.40. The molecular weight excluding hydrogens is 264 g/mol. The van der Waals surface area contributed by atoms with Crippen LogP contribution in [0.25, 0.3) is 0 Å². The molecule has 0 aromatic heterocycles. The molecule has 1 fully saturated rings. The van der Waals surface area contributed by atoms with E-state index in [0.29, 0.717) is 12.1 Å². The third-order valence-electron chi connectivity index (χ3n) is 4.35. The van der Waals surface area contributed by atoms with Crippen LogP contribution in [0.1, 0.15) is 32.3 Å². The fraction of sp³-hybridized carbons (Fsp3) is 0.647. The molecular formula is C17H28N2O2. The summed E-state index contributed by atoms with van der Waals surface area (Å²) < 4.78 is 10.7. The van der Waals surface area contributed by atoms with Crippen molar-refractivity contribution in [2.45, 2.75) is 45.7 Å². The molecule has 118 valence electrons. The second kappa shape index (κ2) is 7.03. The van der Waals surface area contributed by atoms with Crippen LogP contribution >= 0.6 is 0 Å². The number of aryl methyl sites for hydroxylation is 1. The van der Waals surface area contributed by atoms with Crippen molar-refractivity contribution in [3.05, 3.63) is 17.7 Å². The van der Waals surface area contributed by atoms with E-state index >= 15 is 0 Å². The Balaban J connectivity index is 2.03. The number of piperidine rings is 1. The number of benzene rings is 1. The number of methoxy groups -OCH3 is 2. The highest BCUT2D eigenvalue weighted by atomic mass is 16.5. The SMILES string of the molecule is COc1cc(C)c(NC2CCN(C(C)C)CC2)cc1OC. The molecule has 0 atom stereocenters. The number of hydrogen-bond donors (Lipinski definition) is 1. The minimum atomic E-state index is 0.539. The number of rotatable bonds is 5. The first-order valence-corrected chi connectivity index (χ1v) is 7.78. The number of hydrogen-bond acceptors (Lipinski definition) is 4. The van der Waals surface area contributed by atoms with Gasteiger partial charge in [-0.3, -0.25) is 0 Å². The fourth-order valence-corrected chi connectivity index (χ4v) is 2.92. The molecule has 0 spiro atoms. The highest BCUT2D eigenvalue weighted by Crippen LogP contribution is 2.33. The number of likely N-dealkylation sites (tertiary alicyclic amines) is 1. The Morgan fingerprint density at radius 1 is 1.10 bits per heavy atom. The van der Waals surface area contributed by atoms with Crippen molar-refractivity contribution in [2.75, 3.05) is 32.6 Å². The lowest BCUT2D eigenvalue weighted by molar-refractivity contribution is 0.177. The molecule has 21 heavy (non-hydrogen) atoms. The quantitative estimate of drug-likeness (QED) is 0.903. The van der Waals surface area contributed by atoms with Crippen molar-refractivity contribution >= 4 is 5.69 Å². The van der Waals surface area contributed by atoms with Gasteiger partial charge in [-0.15, -0.1) is 0 Å². The van der Waals surface area contributed by atoms with Crippen LogP contribution in [0, 0.1) is 6.92 Å². The largest absolute Gasteiger partial charge is 0.493 e. The van der Waals surface area contributed by atoms with Crippen LogP contribution in [0.3, 0.4) is 0 Å². The van der Waals surface area contributed by atoms with Gasteiger partial charge in [-0.1, -0.05) is 0 Å². The molecule has 1 heterocycles. The molecule has 1 saturated heterocycles. The van der Waals surface area contributed by atoms with Crippen LogP contribution in [0.15, 0.2) is 12.1 Å². The molecule has 0 saturated carbocycles. The van der Waals surface area contributed by atoms with Crippen LogP contribution in [0.5, 0.6) is 11.5 Å². The van der Waals surface area contributed by atoms with E-state index < -0.39 is 0 Å². The minimum Gasteiger partial charge on any atom is -0.493 e. The van der Waals surface area contributed by atoms with Gasteiger partial charge in [0.2, 0.25) is 0 Å². The van der Waals surface area contributed by atoms with E-state index in [-0.39, 0.29) is 0 Å². The molecule has 1 N–H and O–H groups in total. The molecule has 1 aromatic carbocycles. The van der Waals surface area contributed by atoms with E-state index in [1.165, 1.54) is 31.5 Å². The second-order valence-corrected chi connectivity index (χ2v) is 6.07. The Morgan fingerprint density at radius 2 is 1.67 bits per heavy atom. The number of anilines is 1. The van der Waals surface area contributed by atoms with E-state index in [2.05, 4.69) is 31.0 Å². The lowest BCUT2D eigenvalue weighted by atomic mass is 10.0. The Labute approximate surface area is 128 Å². The number of ether oxygens (including phenoxy) is 2. The molecule has 1 aliphatic rings. The third kappa shape index (κ3) is 3.82. The third-order valence-corrected chi connectivity index (χ3v) is 4.35. The van der Waals surface area contributed by atoms with Gasteiger partial charge < -0.3 is 19.7 Å². The first kappa shape index (κ1) is 16.0. The van der Waals surface area contributed by atoms with Crippen LogP contribution in [-0.4, -0.2) is 44.3 Å². The maximum Gasteiger partial charge on any atom is 0.162 e.